The third-order valence-electron chi connectivity index (χ3n) is 3.72. The van der Waals surface area contributed by atoms with E-state index in [1.807, 2.05) is 56.4 Å². The second-order valence-electron chi connectivity index (χ2n) is 5.58. The molecule has 0 N–H and O–H groups in total. The molecule has 0 unspecified atom stereocenters. The summed E-state index contributed by atoms with van der Waals surface area (Å²) in [6.45, 7) is 3.19. The van der Waals surface area contributed by atoms with Crippen LogP contribution in [-0.4, -0.2) is 21.7 Å². The Labute approximate surface area is 129 Å². The van der Waals surface area contributed by atoms with Crippen LogP contribution in [-0.2, 0) is 13.2 Å². The van der Waals surface area contributed by atoms with E-state index in [0.29, 0.717) is 6.67 Å². The zero-order valence-electron chi connectivity index (χ0n) is 12.9. The summed E-state index contributed by atoms with van der Waals surface area (Å²) < 4.78 is 1.54. The summed E-state index contributed by atoms with van der Waals surface area (Å²) in [7, 11) is 1.99. The molecule has 0 fully saturated rings. The van der Waals surface area contributed by atoms with Gasteiger partial charge in [0.25, 0.3) is 5.56 Å². The molecule has 2 aromatic carbocycles. The Hall–Kier alpha value is -2.46. The monoisotopic (exact) mass is 293 g/mol. The van der Waals surface area contributed by atoms with Crippen molar-refractivity contribution in [1.29, 1.82) is 0 Å². The maximum Gasteiger partial charge on any atom is 0.275 e. The number of benzene rings is 2. The van der Waals surface area contributed by atoms with E-state index in [4.69, 9.17) is 0 Å². The van der Waals surface area contributed by atoms with Gasteiger partial charge in [-0.25, -0.2) is 4.68 Å². The molecule has 0 atom stereocenters. The highest BCUT2D eigenvalue weighted by atomic mass is 16.1. The molecule has 0 spiro atoms. The summed E-state index contributed by atoms with van der Waals surface area (Å²) in [6.07, 6.45) is 0. The van der Waals surface area contributed by atoms with Crippen LogP contribution in [0.3, 0.4) is 0 Å². The van der Waals surface area contributed by atoms with E-state index in [9.17, 15) is 4.79 Å². The lowest BCUT2D eigenvalue weighted by Crippen LogP contribution is -2.32. The molecular formula is C18H19N3O. The third-order valence-corrected chi connectivity index (χ3v) is 3.72. The molecule has 112 valence electrons. The fourth-order valence-corrected chi connectivity index (χ4v) is 2.67. The van der Waals surface area contributed by atoms with Crippen LogP contribution in [0.1, 0.15) is 11.3 Å². The Balaban J connectivity index is 1.88. The van der Waals surface area contributed by atoms with Gasteiger partial charge >= 0.3 is 0 Å². The first kappa shape index (κ1) is 14.5. The van der Waals surface area contributed by atoms with Gasteiger partial charge in [0.2, 0.25) is 0 Å². The standard InChI is InChI=1S/C18H19N3O/c1-14-16-10-6-7-11-17(16)18(22)21(19-14)13-20(2)12-15-8-4-3-5-9-15/h3-11H,12-13H2,1-2H3. The summed E-state index contributed by atoms with van der Waals surface area (Å²) in [4.78, 5) is 14.6. The molecule has 0 aliphatic heterocycles. The number of hydrogen-bond donors (Lipinski definition) is 0. The van der Waals surface area contributed by atoms with E-state index in [1.54, 1.807) is 4.68 Å². The van der Waals surface area contributed by atoms with Crippen molar-refractivity contribution in [3.63, 3.8) is 0 Å². The van der Waals surface area contributed by atoms with Crippen LogP contribution in [0.25, 0.3) is 10.8 Å². The summed E-state index contributed by atoms with van der Waals surface area (Å²) in [5.41, 5.74) is 2.06. The van der Waals surface area contributed by atoms with Gasteiger partial charge in [-0.15, -0.1) is 0 Å². The van der Waals surface area contributed by atoms with Crippen molar-refractivity contribution < 1.29 is 0 Å². The molecule has 0 aliphatic carbocycles. The molecule has 22 heavy (non-hydrogen) atoms. The van der Waals surface area contributed by atoms with Crippen LogP contribution in [0, 0.1) is 6.92 Å². The minimum absolute atomic E-state index is 0.0406. The van der Waals surface area contributed by atoms with Gasteiger partial charge in [-0.1, -0.05) is 48.5 Å². The Morgan fingerprint density at radius 1 is 1.00 bits per heavy atom. The third kappa shape index (κ3) is 2.92. The Morgan fingerprint density at radius 2 is 1.64 bits per heavy atom. The molecule has 0 saturated heterocycles. The van der Waals surface area contributed by atoms with E-state index in [1.165, 1.54) is 5.56 Å². The first-order chi connectivity index (χ1) is 10.6. The predicted molar refractivity (Wildman–Crippen MR) is 88.6 cm³/mol. The number of rotatable bonds is 4. The summed E-state index contributed by atoms with van der Waals surface area (Å²) in [5.74, 6) is 0. The normalized spacial score (nSPS) is 11.2. The lowest BCUT2D eigenvalue weighted by atomic mass is 10.1. The molecule has 0 amide bonds. The first-order valence-electron chi connectivity index (χ1n) is 7.34. The van der Waals surface area contributed by atoms with Crippen molar-refractivity contribution in [2.45, 2.75) is 20.1 Å². The fourth-order valence-electron chi connectivity index (χ4n) is 2.67. The summed E-state index contributed by atoms with van der Waals surface area (Å²) in [5, 5.41) is 6.10. The molecule has 0 bridgehead atoms. The number of aryl methyl sites for hydroxylation is 1. The van der Waals surface area contributed by atoms with E-state index < -0.39 is 0 Å². The van der Waals surface area contributed by atoms with Crippen LogP contribution < -0.4 is 5.56 Å². The van der Waals surface area contributed by atoms with Crippen molar-refractivity contribution in [3.05, 3.63) is 76.2 Å². The van der Waals surface area contributed by atoms with Crippen molar-refractivity contribution in [1.82, 2.24) is 14.7 Å². The molecule has 0 radical (unpaired) electrons. The highest BCUT2D eigenvalue weighted by Crippen LogP contribution is 2.12. The maximum absolute atomic E-state index is 12.5. The van der Waals surface area contributed by atoms with Crippen molar-refractivity contribution in [3.8, 4) is 0 Å². The van der Waals surface area contributed by atoms with E-state index >= 15 is 0 Å². The molecule has 0 aliphatic rings. The van der Waals surface area contributed by atoms with E-state index in [-0.39, 0.29) is 5.56 Å². The molecular weight excluding hydrogens is 274 g/mol. The molecule has 3 aromatic rings. The van der Waals surface area contributed by atoms with Gasteiger partial charge in [-0.2, -0.15) is 5.10 Å². The molecule has 0 saturated carbocycles. The average molecular weight is 293 g/mol. The van der Waals surface area contributed by atoms with Gasteiger partial charge in [0.1, 0.15) is 0 Å². The number of aromatic nitrogens is 2. The number of hydrogen-bond acceptors (Lipinski definition) is 3. The smallest absolute Gasteiger partial charge is 0.275 e. The van der Waals surface area contributed by atoms with Gasteiger partial charge in [0.15, 0.2) is 0 Å². The minimum atomic E-state index is -0.0406. The van der Waals surface area contributed by atoms with Crippen LogP contribution in [0.5, 0.6) is 0 Å². The zero-order chi connectivity index (χ0) is 15.5. The first-order valence-corrected chi connectivity index (χ1v) is 7.34. The molecule has 1 heterocycles. The van der Waals surface area contributed by atoms with Gasteiger partial charge in [-0.05, 0) is 25.6 Å². The lowest BCUT2D eigenvalue weighted by Gasteiger charge is -2.18. The molecule has 3 rings (SSSR count). The largest absolute Gasteiger partial charge is 0.283 e. The fraction of sp³-hybridized carbons (Fsp3) is 0.222. The predicted octanol–water partition coefficient (Wildman–Crippen LogP) is 2.79. The Kier molecular flexibility index (Phi) is 4.02. The molecule has 4 nitrogen and oxygen atoms in total. The van der Waals surface area contributed by atoms with Gasteiger partial charge in [-0.3, -0.25) is 9.69 Å². The second-order valence-corrected chi connectivity index (χ2v) is 5.58. The van der Waals surface area contributed by atoms with Gasteiger partial charge in [0.05, 0.1) is 17.7 Å². The summed E-state index contributed by atoms with van der Waals surface area (Å²) in [6, 6.07) is 17.8. The van der Waals surface area contributed by atoms with E-state index in [2.05, 4.69) is 22.1 Å². The zero-order valence-corrected chi connectivity index (χ0v) is 12.9. The van der Waals surface area contributed by atoms with Crippen LogP contribution in [0.15, 0.2) is 59.4 Å². The minimum Gasteiger partial charge on any atom is -0.283 e. The second kappa shape index (κ2) is 6.12. The van der Waals surface area contributed by atoms with Crippen LogP contribution in [0.4, 0.5) is 0 Å². The van der Waals surface area contributed by atoms with Crippen LogP contribution >= 0.6 is 0 Å². The quantitative estimate of drug-likeness (QED) is 0.742. The van der Waals surface area contributed by atoms with Crippen LogP contribution in [0.2, 0.25) is 0 Å². The SMILES string of the molecule is Cc1nn(CN(C)Cc2ccccc2)c(=O)c2ccccc12. The summed E-state index contributed by atoms with van der Waals surface area (Å²) >= 11 is 0. The number of fused-ring (bicyclic) bond motifs is 1. The highest BCUT2D eigenvalue weighted by molar-refractivity contribution is 5.83. The van der Waals surface area contributed by atoms with Gasteiger partial charge in [0, 0.05) is 11.9 Å². The van der Waals surface area contributed by atoms with Crippen molar-refractivity contribution >= 4 is 10.8 Å². The average Bonchev–Trinajstić information content (AvgIpc) is 2.53. The number of nitrogens with zero attached hydrogens (tertiary/aromatic N) is 3. The Morgan fingerprint density at radius 3 is 2.36 bits per heavy atom. The molecule has 4 heteroatoms. The Bertz CT molecular complexity index is 840. The van der Waals surface area contributed by atoms with Crippen molar-refractivity contribution in [2.75, 3.05) is 7.05 Å². The molecule has 1 aromatic heterocycles. The van der Waals surface area contributed by atoms with E-state index in [0.717, 1.165) is 23.0 Å². The van der Waals surface area contributed by atoms with Gasteiger partial charge < -0.3 is 0 Å². The maximum atomic E-state index is 12.5. The highest BCUT2D eigenvalue weighted by Gasteiger charge is 2.09. The lowest BCUT2D eigenvalue weighted by molar-refractivity contribution is 0.240. The topological polar surface area (TPSA) is 38.1 Å². The van der Waals surface area contributed by atoms with Crippen molar-refractivity contribution in [2.24, 2.45) is 0 Å².